The third-order valence-corrected chi connectivity index (χ3v) is 3.55. The molecule has 0 N–H and O–H groups in total. The lowest BCUT2D eigenvalue weighted by Gasteiger charge is -2.18. The predicted molar refractivity (Wildman–Crippen MR) is 50.7 cm³/mol. The van der Waals surface area contributed by atoms with Crippen molar-refractivity contribution in [3.63, 3.8) is 0 Å². The van der Waals surface area contributed by atoms with E-state index in [0.29, 0.717) is 10.4 Å². The Morgan fingerprint density at radius 1 is 1.17 bits per heavy atom. The number of rotatable bonds is 1. The zero-order valence-corrected chi connectivity index (χ0v) is 8.37. The lowest BCUT2D eigenvalue weighted by Crippen LogP contribution is -2.03. The smallest absolute Gasteiger partial charge is 0.142 e. The van der Waals surface area contributed by atoms with E-state index < -0.39 is 0 Å². The first-order chi connectivity index (χ1) is 5.86. The number of aromatic nitrogens is 2. The molecule has 1 fully saturated rings. The minimum Gasteiger partial charge on any atom is -0.142 e. The SMILES string of the molecule is Clc1nnc(C2CCCCC2)s1. The normalized spacial score (nSPS) is 19.8. The van der Waals surface area contributed by atoms with Crippen LogP contribution in [0.2, 0.25) is 4.47 Å². The molecule has 1 heterocycles. The van der Waals surface area contributed by atoms with Crippen LogP contribution in [0.4, 0.5) is 0 Å². The van der Waals surface area contributed by atoms with Gasteiger partial charge in [0.2, 0.25) is 4.47 Å². The van der Waals surface area contributed by atoms with Crippen molar-refractivity contribution >= 4 is 22.9 Å². The van der Waals surface area contributed by atoms with Gasteiger partial charge in [-0.05, 0) is 24.4 Å². The number of nitrogens with zero attached hydrogens (tertiary/aromatic N) is 2. The van der Waals surface area contributed by atoms with Crippen molar-refractivity contribution in [1.82, 2.24) is 10.2 Å². The maximum Gasteiger partial charge on any atom is 0.207 e. The fourth-order valence-electron chi connectivity index (χ4n) is 1.73. The maximum absolute atomic E-state index is 5.72. The van der Waals surface area contributed by atoms with Gasteiger partial charge < -0.3 is 0 Å². The van der Waals surface area contributed by atoms with E-state index in [9.17, 15) is 0 Å². The summed E-state index contributed by atoms with van der Waals surface area (Å²) >= 11 is 7.26. The minimum atomic E-state index is 0.579. The van der Waals surface area contributed by atoms with Gasteiger partial charge in [-0.1, -0.05) is 30.6 Å². The van der Waals surface area contributed by atoms with Gasteiger partial charge in [0.15, 0.2) is 0 Å². The molecule has 2 nitrogen and oxygen atoms in total. The van der Waals surface area contributed by atoms with Gasteiger partial charge in [0, 0.05) is 5.92 Å². The first-order valence-electron chi connectivity index (χ1n) is 4.35. The molecule has 0 atom stereocenters. The van der Waals surface area contributed by atoms with Gasteiger partial charge in [-0.15, -0.1) is 10.2 Å². The molecule has 0 amide bonds. The van der Waals surface area contributed by atoms with Gasteiger partial charge in [-0.25, -0.2) is 0 Å². The summed E-state index contributed by atoms with van der Waals surface area (Å²) in [6.07, 6.45) is 6.59. The van der Waals surface area contributed by atoms with Gasteiger partial charge in [0.1, 0.15) is 5.01 Å². The molecule has 1 aliphatic carbocycles. The van der Waals surface area contributed by atoms with Crippen LogP contribution in [0.15, 0.2) is 0 Å². The van der Waals surface area contributed by atoms with E-state index in [4.69, 9.17) is 11.6 Å². The summed E-state index contributed by atoms with van der Waals surface area (Å²) in [6, 6.07) is 0. The monoisotopic (exact) mass is 202 g/mol. The molecular weight excluding hydrogens is 192 g/mol. The Bertz CT molecular complexity index is 255. The minimum absolute atomic E-state index is 0.579. The molecule has 0 saturated heterocycles. The molecule has 0 bridgehead atoms. The third-order valence-electron chi connectivity index (χ3n) is 2.37. The average molecular weight is 203 g/mol. The second-order valence-corrected chi connectivity index (χ2v) is 4.82. The van der Waals surface area contributed by atoms with Gasteiger partial charge in [-0.3, -0.25) is 0 Å². The van der Waals surface area contributed by atoms with Crippen molar-refractivity contribution in [3.8, 4) is 0 Å². The fourth-order valence-corrected chi connectivity index (χ4v) is 2.74. The summed E-state index contributed by atoms with van der Waals surface area (Å²) in [7, 11) is 0. The van der Waals surface area contributed by atoms with E-state index in [2.05, 4.69) is 10.2 Å². The van der Waals surface area contributed by atoms with E-state index in [1.165, 1.54) is 43.4 Å². The van der Waals surface area contributed by atoms with Crippen LogP contribution >= 0.6 is 22.9 Å². The van der Waals surface area contributed by atoms with Crippen molar-refractivity contribution in [2.45, 2.75) is 38.0 Å². The van der Waals surface area contributed by atoms with Gasteiger partial charge >= 0.3 is 0 Å². The lowest BCUT2D eigenvalue weighted by molar-refractivity contribution is 0.440. The first kappa shape index (κ1) is 8.45. The Balaban J connectivity index is 2.08. The predicted octanol–water partition coefficient (Wildman–Crippen LogP) is 3.24. The first-order valence-corrected chi connectivity index (χ1v) is 5.54. The molecule has 1 aliphatic rings. The zero-order valence-electron chi connectivity index (χ0n) is 6.79. The zero-order chi connectivity index (χ0) is 8.39. The van der Waals surface area contributed by atoms with Crippen LogP contribution in [-0.2, 0) is 0 Å². The Morgan fingerprint density at radius 3 is 2.50 bits per heavy atom. The second-order valence-electron chi connectivity index (χ2n) is 3.23. The molecule has 0 unspecified atom stereocenters. The van der Waals surface area contributed by atoms with Crippen molar-refractivity contribution in [1.29, 1.82) is 0 Å². The lowest BCUT2D eigenvalue weighted by atomic mass is 9.90. The van der Waals surface area contributed by atoms with Gasteiger partial charge in [0.25, 0.3) is 0 Å². The summed E-state index contributed by atoms with van der Waals surface area (Å²) < 4.78 is 0.579. The highest BCUT2D eigenvalue weighted by Crippen LogP contribution is 2.34. The van der Waals surface area contributed by atoms with E-state index in [-0.39, 0.29) is 0 Å². The molecule has 1 aromatic rings. The summed E-state index contributed by atoms with van der Waals surface area (Å²) in [5.74, 6) is 0.642. The summed E-state index contributed by atoms with van der Waals surface area (Å²) in [5, 5.41) is 9.04. The van der Waals surface area contributed by atoms with Crippen molar-refractivity contribution in [2.24, 2.45) is 0 Å². The Hall–Kier alpha value is -0.150. The van der Waals surface area contributed by atoms with Crippen molar-refractivity contribution < 1.29 is 0 Å². The molecule has 2 rings (SSSR count). The summed E-state index contributed by atoms with van der Waals surface area (Å²) in [4.78, 5) is 0. The molecule has 1 saturated carbocycles. The standard InChI is InChI=1S/C8H11ClN2S/c9-8-11-10-7(12-8)6-4-2-1-3-5-6/h6H,1-5H2. The van der Waals surface area contributed by atoms with Crippen molar-refractivity contribution in [2.75, 3.05) is 0 Å². The summed E-state index contributed by atoms with van der Waals surface area (Å²) in [5.41, 5.74) is 0. The number of hydrogen-bond acceptors (Lipinski definition) is 3. The quantitative estimate of drug-likeness (QED) is 0.699. The molecule has 4 heteroatoms. The van der Waals surface area contributed by atoms with Crippen LogP contribution in [0.25, 0.3) is 0 Å². The van der Waals surface area contributed by atoms with Gasteiger partial charge in [0.05, 0.1) is 0 Å². The molecular formula is C8H11ClN2S. The average Bonchev–Trinajstić information content (AvgIpc) is 2.54. The fraction of sp³-hybridized carbons (Fsp3) is 0.750. The topological polar surface area (TPSA) is 25.8 Å². The molecule has 0 aliphatic heterocycles. The Morgan fingerprint density at radius 2 is 1.92 bits per heavy atom. The second kappa shape index (κ2) is 3.71. The molecule has 0 aromatic carbocycles. The molecule has 0 spiro atoms. The molecule has 12 heavy (non-hydrogen) atoms. The highest BCUT2D eigenvalue weighted by molar-refractivity contribution is 7.15. The highest BCUT2D eigenvalue weighted by atomic mass is 35.5. The van der Waals surface area contributed by atoms with Crippen LogP contribution < -0.4 is 0 Å². The van der Waals surface area contributed by atoms with Crippen LogP contribution in [-0.4, -0.2) is 10.2 Å². The Kier molecular flexibility index (Phi) is 2.61. The van der Waals surface area contributed by atoms with E-state index in [0.717, 1.165) is 5.01 Å². The van der Waals surface area contributed by atoms with Crippen molar-refractivity contribution in [3.05, 3.63) is 9.47 Å². The van der Waals surface area contributed by atoms with E-state index >= 15 is 0 Å². The molecule has 1 aromatic heterocycles. The number of halogens is 1. The van der Waals surface area contributed by atoms with E-state index in [1.807, 2.05) is 0 Å². The maximum atomic E-state index is 5.72. The third kappa shape index (κ3) is 1.77. The van der Waals surface area contributed by atoms with Crippen LogP contribution in [0, 0.1) is 0 Å². The Labute approximate surface area is 81.0 Å². The van der Waals surface area contributed by atoms with E-state index in [1.54, 1.807) is 0 Å². The van der Waals surface area contributed by atoms with Crippen LogP contribution in [0.1, 0.15) is 43.0 Å². The summed E-state index contributed by atoms with van der Waals surface area (Å²) in [6.45, 7) is 0. The highest BCUT2D eigenvalue weighted by Gasteiger charge is 2.18. The van der Waals surface area contributed by atoms with Gasteiger partial charge in [-0.2, -0.15) is 0 Å². The van der Waals surface area contributed by atoms with Crippen LogP contribution in [0.3, 0.4) is 0 Å². The molecule has 0 radical (unpaired) electrons. The molecule has 66 valence electrons. The van der Waals surface area contributed by atoms with Crippen LogP contribution in [0.5, 0.6) is 0 Å². The largest absolute Gasteiger partial charge is 0.207 e. The number of hydrogen-bond donors (Lipinski definition) is 0.